The second kappa shape index (κ2) is 8.87. The minimum Gasteiger partial charge on any atom is -0.484 e. The number of amides is 2. The molecular formula is C22H25FN2O3. The number of nitrogens with one attached hydrogen (secondary N) is 1. The lowest BCUT2D eigenvalue weighted by molar-refractivity contribution is -0.134. The van der Waals surface area contributed by atoms with Crippen molar-refractivity contribution in [3.63, 3.8) is 0 Å². The lowest BCUT2D eigenvalue weighted by Gasteiger charge is -2.32. The van der Waals surface area contributed by atoms with Crippen molar-refractivity contribution in [1.29, 1.82) is 0 Å². The summed E-state index contributed by atoms with van der Waals surface area (Å²) < 4.78 is 18.9. The van der Waals surface area contributed by atoms with Crippen molar-refractivity contribution in [3.8, 4) is 5.75 Å². The summed E-state index contributed by atoms with van der Waals surface area (Å²) in [6.45, 7) is 5.09. The monoisotopic (exact) mass is 384 g/mol. The quantitative estimate of drug-likeness (QED) is 0.861. The first-order valence-electron chi connectivity index (χ1n) is 9.46. The highest BCUT2D eigenvalue weighted by atomic mass is 19.1. The SMILES string of the molecule is Cc1ccc(OCC(=O)N2CCC(NC(=O)c3cccc(F)c3)CC2)c(C)c1. The van der Waals surface area contributed by atoms with Crippen molar-refractivity contribution in [2.45, 2.75) is 32.7 Å². The number of carbonyl (C=O) groups excluding carboxylic acids is 2. The fourth-order valence-corrected chi connectivity index (χ4v) is 3.36. The van der Waals surface area contributed by atoms with Gasteiger partial charge in [-0.15, -0.1) is 0 Å². The number of nitrogens with zero attached hydrogens (tertiary/aromatic N) is 1. The molecule has 1 saturated heterocycles. The first-order chi connectivity index (χ1) is 13.4. The maximum Gasteiger partial charge on any atom is 0.260 e. The van der Waals surface area contributed by atoms with Gasteiger partial charge >= 0.3 is 0 Å². The zero-order valence-electron chi connectivity index (χ0n) is 16.2. The standard InChI is InChI=1S/C22H25FN2O3/c1-15-6-7-20(16(2)12-15)28-14-21(26)25-10-8-19(9-11-25)24-22(27)17-4-3-5-18(23)13-17/h3-7,12-13,19H,8-11,14H2,1-2H3,(H,24,27). The van der Waals surface area contributed by atoms with Crippen molar-refractivity contribution in [3.05, 3.63) is 65.0 Å². The van der Waals surface area contributed by atoms with Gasteiger partial charge in [0.15, 0.2) is 6.61 Å². The molecule has 0 spiro atoms. The topological polar surface area (TPSA) is 58.6 Å². The van der Waals surface area contributed by atoms with E-state index >= 15 is 0 Å². The molecule has 28 heavy (non-hydrogen) atoms. The Morgan fingerprint density at radius 1 is 1.14 bits per heavy atom. The number of piperidine rings is 1. The van der Waals surface area contributed by atoms with Crippen LogP contribution >= 0.6 is 0 Å². The van der Waals surface area contributed by atoms with Crippen LogP contribution in [0.3, 0.4) is 0 Å². The third-order valence-electron chi connectivity index (χ3n) is 4.95. The van der Waals surface area contributed by atoms with Crippen LogP contribution in [0.2, 0.25) is 0 Å². The maximum absolute atomic E-state index is 13.2. The first-order valence-corrected chi connectivity index (χ1v) is 9.46. The molecule has 1 N–H and O–H groups in total. The van der Waals surface area contributed by atoms with Crippen LogP contribution in [0.1, 0.15) is 34.3 Å². The molecule has 0 unspecified atom stereocenters. The van der Waals surface area contributed by atoms with Crippen molar-refractivity contribution in [2.24, 2.45) is 0 Å². The van der Waals surface area contributed by atoms with Gasteiger partial charge in [-0.05, 0) is 56.5 Å². The normalized spacial score (nSPS) is 14.6. The van der Waals surface area contributed by atoms with Gasteiger partial charge in [-0.2, -0.15) is 0 Å². The van der Waals surface area contributed by atoms with Crippen molar-refractivity contribution >= 4 is 11.8 Å². The Kier molecular flexibility index (Phi) is 6.29. The summed E-state index contributed by atoms with van der Waals surface area (Å²) in [5.74, 6) is -0.0644. The molecule has 5 nitrogen and oxygen atoms in total. The summed E-state index contributed by atoms with van der Waals surface area (Å²) in [6.07, 6.45) is 1.33. The van der Waals surface area contributed by atoms with Crippen molar-refractivity contribution < 1.29 is 18.7 Å². The lowest BCUT2D eigenvalue weighted by atomic mass is 10.0. The number of benzene rings is 2. The van der Waals surface area contributed by atoms with E-state index in [1.807, 2.05) is 32.0 Å². The summed E-state index contributed by atoms with van der Waals surface area (Å²) in [7, 11) is 0. The maximum atomic E-state index is 13.2. The van der Waals surface area contributed by atoms with Crippen LogP contribution in [0.4, 0.5) is 4.39 Å². The fourth-order valence-electron chi connectivity index (χ4n) is 3.36. The predicted molar refractivity (Wildman–Crippen MR) is 105 cm³/mol. The number of hydrogen-bond donors (Lipinski definition) is 1. The summed E-state index contributed by atoms with van der Waals surface area (Å²) in [5.41, 5.74) is 2.46. The number of aryl methyl sites for hydroxylation is 2. The van der Waals surface area contributed by atoms with Crippen LogP contribution in [0.25, 0.3) is 0 Å². The molecule has 1 heterocycles. The highest BCUT2D eigenvalue weighted by Gasteiger charge is 2.24. The van der Waals surface area contributed by atoms with Gasteiger partial charge in [-0.1, -0.05) is 23.8 Å². The summed E-state index contributed by atoms with van der Waals surface area (Å²) in [4.78, 5) is 26.4. The number of halogens is 1. The Hall–Kier alpha value is -2.89. The summed E-state index contributed by atoms with van der Waals surface area (Å²) in [6, 6.07) is 11.5. The molecule has 3 rings (SSSR count). The molecule has 2 aromatic rings. The average Bonchev–Trinajstić information content (AvgIpc) is 2.67. The highest BCUT2D eigenvalue weighted by Crippen LogP contribution is 2.19. The molecular weight excluding hydrogens is 359 g/mol. The van der Waals surface area contributed by atoms with Gasteiger partial charge in [-0.25, -0.2) is 4.39 Å². The smallest absolute Gasteiger partial charge is 0.260 e. The number of likely N-dealkylation sites (tertiary alicyclic amines) is 1. The Morgan fingerprint density at radius 3 is 2.57 bits per heavy atom. The molecule has 0 bridgehead atoms. The Labute approximate surface area is 164 Å². The van der Waals surface area contributed by atoms with E-state index in [1.54, 1.807) is 11.0 Å². The van der Waals surface area contributed by atoms with E-state index in [4.69, 9.17) is 4.74 Å². The van der Waals surface area contributed by atoms with E-state index in [0.29, 0.717) is 31.5 Å². The van der Waals surface area contributed by atoms with Gasteiger partial charge in [-0.3, -0.25) is 9.59 Å². The Balaban J connectivity index is 1.45. The molecule has 0 aromatic heterocycles. The van der Waals surface area contributed by atoms with E-state index in [0.717, 1.165) is 16.9 Å². The molecule has 2 amide bonds. The summed E-state index contributed by atoms with van der Waals surface area (Å²) >= 11 is 0. The van der Waals surface area contributed by atoms with Crippen LogP contribution in [-0.2, 0) is 4.79 Å². The van der Waals surface area contributed by atoms with Gasteiger partial charge in [0.2, 0.25) is 0 Å². The minimum absolute atomic E-state index is 0.00419. The van der Waals surface area contributed by atoms with Gasteiger partial charge in [0.05, 0.1) is 0 Å². The largest absolute Gasteiger partial charge is 0.484 e. The Bertz CT molecular complexity index is 861. The van der Waals surface area contributed by atoms with E-state index in [1.165, 1.54) is 18.2 Å². The molecule has 1 aliphatic rings. The minimum atomic E-state index is -0.433. The van der Waals surface area contributed by atoms with Crippen molar-refractivity contribution in [2.75, 3.05) is 19.7 Å². The lowest BCUT2D eigenvalue weighted by Crippen LogP contribution is -2.47. The van der Waals surface area contributed by atoms with E-state index in [2.05, 4.69) is 5.32 Å². The van der Waals surface area contributed by atoms with Crippen LogP contribution in [0.15, 0.2) is 42.5 Å². The first kappa shape index (κ1) is 19.9. The highest BCUT2D eigenvalue weighted by molar-refractivity contribution is 5.94. The molecule has 0 radical (unpaired) electrons. The van der Waals surface area contributed by atoms with Gasteiger partial charge in [0.1, 0.15) is 11.6 Å². The van der Waals surface area contributed by atoms with Gasteiger partial charge in [0, 0.05) is 24.7 Å². The third-order valence-corrected chi connectivity index (χ3v) is 4.95. The molecule has 0 atom stereocenters. The molecule has 1 aliphatic heterocycles. The fraction of sp³-hybridized carbons (Fsp3) is 0.364. The average molecular weight is 384 g/mol. The summed E-state index contributed by atoms with van der Waals surface area (Å²) in [5, 5.41) is 2.92. The number of rotatable bonds is 5. The zero-order chi connectivity index (χ0) is 20.1. The number of hydrogen-bond acceptors (Lipinski definition) is 3. The van der Waals surface area contributed by atoms with Crippen LogP contribution in [0, 0.1) is 19.7 Å². The van der Waals surface area contributed by atoms with Crippen LogP contribution < -0.4 is 10.1 Å². The van der Waals surface area contributed by atoms with E-state index in [-0.39, 0.29) is 24.5 Å². The number of ether oxygens (including phenoxy) is 1. The Morgan fingerprint density at radius 2 is 1.89 bits per heavy atom. The predicted octanol–water partition coefficient (Wildman–Crippen LogP) is 3.24. The molecule has 0 saturated carbocycles. The zero-order valence-corrected chi connectivity index (χ0v) is 16.2. The van der Waals surface area contributed by atoms with E-state index in [9.17, 15) is 14.0 Å². The van der Waals surface area contributed by atoms with Gasteiger partial charge < -0.3 is 15.0 Å². The second-order valence-electron chi connectivity index (χ2n) is 7.20. The molecule has 148 valence electrons. The molecule has 0 aliphatic carbocycles. The van der Waals surface area contributed by atoms with Crippen LogP contribution in [-0.4, -0.2) is 42.5 Å². The van der Waals surface area contributed by atoms with Crippen molar-refractivity contribution in [1.82, 2.24) is 10.2 Å². The second-order valence-corrected chi connectivity index (χ2v) is 7.20. The molecule has 6 heteroatoms. The van der Waals surface area contributed by atoms with E-state index < -0.39 is 5.82 Å². The molecule has 2 aromatic carbocycles. The number of carbonyl (C=O) groups is 2. The van der Waals surface area contributed by atoms with Crippen LogP contribution in [0.5, 0.6) is 5.75 Å². The van der Waals surface area contributed by atoms with Gasteiger partial charge in [0.25, 0.3) is 11.8 Å². The molecule has 1 fully saturated rings. The third kappa shape index (κ3) is 5.09.